The van der Waals surface area contributed by atoms with Crippen LogP contribution in [0.5, 0.6) is 0 Å². The summed E-state index contributed by atoms with van der Waals surface area (Å²) in [7, 11) is 0. The topological polar surface area (TPSA) is 38.0 Å². The Morgan fingerprint density at radius 1 is 1.14 bits per heavy atom. The van der Waals surface area contributed by atoms with Crippen molar-refractivity contribution in [3.63, 3.8) is 0 Å². The number of benzene rings is 2. The zero-order chi connectivity index (χ0) is 15.6. The van der Waals surface area contributed by atoms with Crippen LogP contribution in [0.2, 0.25) is 0 Å². The lowest BCUT2D eigenvalue weighted by Crippen LogP contribution is -2.30. The molecule has 112 valence electrons. The summed E-state index contributed by atoms with van der Waals surface area (Å²) < 4.78 is 14.9. The fourth-order valence-electron chi connectivity index (χ4n) is 2.78. The van der Waals surface area contributed by atoms with Gasteiger partial charge in [0.1, 0.15) is 5.82 Å². The third-order valence-electron chi connectivity index (χ3n) is 3.78. The van der Waals surface area contributed by atoms with E-state index >= 15 is 0 Å². The normalized spacial score (nSPS) is 12.5. The molecular formula is C17H20BrFN2. The molecular weight excluding hydrogens is 331 g/mol. The maximum absolute atomic E-state index is 14.1. The van der Waals surface area contributed by atoms with Gasteiger partial charge in [-0.2, -0.15) is 0 Å². The van der Waals surface area contributed by atoms with Crippen molar-refractivity contribution >= 4 is 15.9 Å². The summed E-state index contributed by atoms with van der Waals surface area (Å²) in [6, 6.07) is 8.95. The minimum atomic E-state index is -0.261. The van der Waals surface area contributed by atoms with Crippen LogP contribution in [0.4, 0.5) is 4.39 Å². The van der Waals surface area contributed by atoms with Crippen LogP contribution in [0.25, 0.3) is 0 Å². The second-order valence-corrected chi connectivity index (χ2v) is 6.38. The van der Waals surface area contributed by atoms with Gasteiger partial charge in [-0.05, 0) is 62.1 Å². The average molecular weight is 351 g/mol. The number of nitrogens with one attached hydrogen (secondary N) is 1. The third kappa shape index (κ3) is 3.70. The van der Waals surface area contributed by atoms with Crippen molar-refractivity contribution in [3.05, 3.63) is 68.4 Å². The highest BCUT2D eigenvalue weighted by molar-refractivity contribution is 9.10. The van der Waals surface area contributed by atoms with E-state index in [-0.39, 0.29) is 11.9 Å². The predicted octanol–water partition coefficient (Wildman–Crippen LogP) is 4.26. The fourth-order valence-corrected chi connectivity index (χ4v) is 3.16. The zero-order valence-corrected chi connectivity index (χ0v) is 14.1. The molecule has 0 radical (unpaired) electrons. The molecule has 21 heavy (non-hydrogen) atoms. The molecule has 1 unspecified atom stereocenters. The van der Waals surface area contributed by atoms with E-state index in [1.165, 1.54) is 28.3 Å². The quantitative estimate of drug-likeness (QED) is 0.638. The van der Waals surface area contributed by atoms with Gasteiger partial charge in [-0.3, -0.25) is 11.3 Å². The van der Waals surface area contributed by atoms with E-state index in [0.29, 0.717) is 12.0 Å². The molecule has 4 heteroatoms. The van der Waals surface area contributed by atoms with Gasteiger partial charge in [-0.15, -0.1) is 0 Å². The lowest BCUT2D eigenvalue weighted by molar-refractivity contribution is 0.509. The van der Waals surface area contributed by atoms with Gasteiger partial charge in [0.2, 0.25) is 0 Å². The van der Waals surface area contributed by atoms with Crippen LogP contribution in [-0.2, 0) is 6.42 Å². The van der Waals surface area contributed by atoms with Crippen LogP contribution in [0.1, 0.15) is 33.9 Å². The Bertz CT molecular complexity index is 632. The first-order valence-corrected chi connectivity index (χ1v) is 7.69. The van der Waals surface area contributed by atoms with Gasteiger partial charge in [0.15, 0.2) is 0 Å². The molecule has 0 saturated heterocycles. The Kier molecular flexibility index (Phi) is 5.14. The molecule has 0 spiro atoms. The monoisotopic (exact) mass is 350 g/mol. The Morgan fingerprint density at radius 2 is 1.76 bits per heavy atom. The van der Waals surface area contributed by atoms with Gasteiger partial charge in [0.25, 0.3) is 0 Å². The Hall–Kier alpha value is -1.23. The number of nitrogens with two attached hydrogens (primary N) is 1. The molecule has 0 fully saturated rings. The maximum atomic E-state index is 14.1. The van der Waals surface area contributed by atoms with Crippen LogP contribution in [0, 0.1) is 26.6 Å². The molecule has 2 aromatic rings. The number of hydrazine groups is 1. The Labute approximate surface area is 133 Å². The molecule has 0 heterocycles. The molecule has 1 atom stereocenters. The van der Waals surface area contributed by atoms with E-state index in [0.717, 1.165) is 4.47 Å². The van der Waals surface area contributed by atoms with Crippen molar-refractivity contribution in [1.82, 2.24) is 5.43 Å². The van der Waals surface area contributed by atoms with Gasteiger partial charge in [-0.1, -0.05) is 33.6 Å². The number of hydrogen-bond donors (Lipinski definition) is 2. The molecule has 0 aromatic heterocycles. The molecule has 2 rings (SSSR count). The molecule has 0 bridgehead atoms. The summed E-state index contributed by atoms with van der Waals surface area (Å²) >= 11 is 3.38. The van der Waals surface area contributed by atoms with Gasteiger partial charge < -0.3 is 0 Å². The number of halogens is 2. The molecule has 0 aliphatic heterocycles. The second-order valence-electron chi connectivity index (χ2n) is 5.47. The highest BCUT2D eigenvalue weighted by Gasteiger charge is 2.17. The van der Waals surface area contributed by atoms with Crippen LogP contribution >= 0.6 is 15.9 Å². The van der Waals surface area contributed by atoms with Gasteiger partial charge in [0, 0.05) is 10.0 Å². The van der Waals surface area contributed by atoms with E-state index in [1.54, 1.807) is 12.1 Å². The predicted molar refractivity (Wildman–Crippen MR) is 88.5 cm³/mol. The molecule has 0 amide bonds. The van der Waals surface area contributed by atoms with Crippen molar-refractivity contribution in [2.45, 2.75) is 33.2 Å². The summed E-state index contributed by atoms with van der Waals surface area (Å²) in [6.07, 6.45) is 0.655. The van der Waals surface area contributed by atoms with Crippen molar-refractivity contribution in [1.29, 1.82) is 0 Å². The van der Waals surface area contributed by atoms with Crippen LogP contribution in [0.3, 0.4) is 0 Å². The number of hydrogen-bond acceptors (Lipinski definition) is 2. The van der Waals surface area contributed by atoms with E-state index < -0.39 is 0 Å². The maximum Gasteiger partial charge on any atom is 0.128 e. The standard InChI is InChI=1S/C17H20BrFN2/c1-10-6-11(2)14(12(3)7-10)9-17(21-20)15-8-13(18)4-5-16(15)19/h4-8,17,21H,9,20H2,1-3H3. The third-order valence-corrected chi connectivity index (χ3v) is 4.28. The van der Waals surface area contributed by atoms with Crippen molar-refractivity contribution in [2.24, 2.45) is 5.84 Å². The summed E-state index contributed by atoms with van der Waals surface area (Å²) in [5.41, 5.74) is 8.19. The smallest absolute Gasteiger partial charge is 0.128 e. The van der Waals surface area contributed by atoms with Gasteiger partial charge in [-0.25, -0.2) is 4.39 Å². The summed E-state index contributed by atoms with van der Waals surface area (Å²) in [5.74, 6) is 5.42. The number of rotatable bonds is 4. The van der Waals surface area contributed by atoms with Gasteiger partial charge in [0.05, 0.1) is 6.04 Å². The van der Waals surface area contributed by atoms with Crippen LogP contribution < -0.4 is 11.3 Å². The molecule has 0 aliphatic rings. The van der Waals surface area contributed by atoms with Gasteiger partial charge >= 0.3 is 0 Å². The lowest BCUT2D eigenvalue weighted by atomic mass is 9.92. The number of aryl methyl sites for hydroxylation is 3. The Morgan fingerprint density at radius 3 is 2.33 bits per heavy atom. The minimum absolute atomic E-state index is 0.247. The van der Waals surface area contributed by atoms with E-state index in [1.807, 2.05) is 0 Å². The second kappa shape index (κ2) is 6.69. The van der Waals surface area contributed by atoms with E-state index in [9.17, 15) is 4.39 Å². The summed E-state index contributed by atoms with van der Waals surface area (Å²) in [4.78, 5) is 0. The molecule has 0 aliphatic carbocycles. The summed E-state index contributed by atoms with van der Waals surface area (Å²) in [6.45, 7) is 6.25. The zero-order valence-electron chi connectivity index (χ0n) is 12.5. The largest absolute Gasteiger partial charge is 0.271 e. The average Bonchev–Trinajstić information content (AvgIpc) is 2.41. The molecule has 2 nitrogen and oxygen atoms in total. The highest BCUT2D eigenvalue weighted by Crippen LogP contribution is 2.27. The lowest BCUT2D eigenvalue weighted by Gasteiger charge is -2.20. The first-order valence-electron chi connectivity index (χ1n) is 6.90. The highest BCUT2D eigenvalue weighted by atomic mass is 79.9. The van der Waals surface area contributed by atoms with Crippen molar-refractivity contribution in [2.75, 3.05) is 0 Å². The minimum Gasteiger partial charge on any atom is -0.271 e. The summed E-state index contributed by atoms with van der Waals surface area (Å²) in [5, 5.41) is 0. The van der Waals surface area contributed by atoms with E-state index in [2.05, 4.69) is 54.3 Å². The first kappa shape index (κ1) is 16.1. The van der Waals surface area contributed by atoms with Crippen molar-refractivity contribution < 1.29 is 4.39 Å². The van der Waals surface area contributed by atoms with Crippen molar-refractivity contribution in [3.8, 4) is 0 Å². The SMILES string of the molecule is Cc1cc(C)c(CC(NN)c2cc(Br)ccc2F)c(C)c1. The Balaban J connectivity index is 2.38. The molecule has 3 N–H and O–H groups in total. The van der Waals surface area contributed by atoms with Crippen LogP contribution in [0.15, 0.2) is 34.8 Å². The van der Waals surface area contributed by atoms with E-state index in [4.69, 9.17) is 5.84 Å². The fraction of sp³-hybridized carbons (Fsp3) is 0.294. The molecule has 0 saturated carbocycles. The van der Waals surface area contributed by atoms with Crippen LogP contribution in [-0.4, -0.2) is 0 Å². The molecule has 2 aromatic carbocycles. The first-order chi connectivity index (χ1) is 9.92.